The van der Waals surface area contributed by atoms with Crippen molar-refractivity contribution in [1.82, 2.24) is 9.55 Å². The van der Waals surface area contributed by atoms with Crippen LogP contribution >= 0.6 is 19.4 Å². The van der Waals surface area contributed by atoms with Crippen molar-refractivity contribution >= 4 is 19.4 Å². The van der Waals surface area contributed by atoms with Crippen LogP contribution < -0.4 is 29.8 Å². The molecule has 0 radical (unpaired) electrons. The Bertz CT molecular complexity index is 1470. The Hall–Kier alpha value is -3.49. The van der Waals surface area contributed by atoms with E-state index in [2.05, 4.69) is 0 Å². The Kier molecular flexibility index (Phi) is 9.04. The Morgan fingerprint density at radius 3 is 1.98 bits per heavy atom. The Labute approximate surface area is 234 Å². The van der Waals surface area contributed by atoms with Crippen LogP contribution in [0.2, 0.25) is 5.02 Å². The number of methoxy groups -OCH3 is 2. The zero-order valence-electron chi connectivity index (χ0n) is 21.2. The Morgan fingerprint density at radius 2 is 1.51 bits per heavy atom. The van der Waals surface area contributed by atoms with Gasteiger partial charge >= 0.3 is 13.5 Å². The maximum absolute atomic E-state index is 15.4. The van der Waals surface area contributed by atoms with Crippen molar-refractivity contribution in [2.45, 2.75) is 30.5 Å². The highest BCUT2D eigenvalue weighted by atomic mass is 35.5. The second kappa shape index (κ2) is 12.2. The number of aromatic nitrogens is 2. The second-order valence-corrected chi connectivity index (χ2v) is 10.5. The largest absolute Gasteiger partial charge is 0.587 e. The lowest BCUT2D eigenvalue weighted by molar-refractivity contribution is -0.184. The summed E-state index contributed by atoms with van der Waals surface area (Å²) in [5.74, 6) is 0.645. The van der Waals surface area contributed by atoms with Crippen molar-refractivity contribution in [3.05, 3.63) is 80.6 Å². The van der Waals surface area contributed by atoms with Crippen molar-refractivity contribution in [2.75, 3.05) is 20.8 Å². The fourth-order valence-corrected chi connectivity index (χ4v) is 5.21. The van der Waals surface area contributed by atoms with Gasteiger partial charge in [0.05, 0.1) is 20.8 Å². The number of phosphoric acid groups is 1. The predicted octanol–water partition coefficient (Wildman–Crippen LogP) is 3.72. The van der Waals surface area contributed by atoms with Gasteiger partial charge in [0.1, 0.15) is 34.1 Å². The maximum atomic E-state index is 15.4. The van der Waals surface area contributed by atoms with Gasteiger partial charge in [0.2, 0.25) is 0 Å². The molecule has 1 fully saturated rings. The second-order valence-electron chi connectivity index (χ2n) is 8.55. The number of ether oxygens (including phenoxy) is 3. The van der Waals surface area contributed by atoms with Crippen LogP contribution in [-0.2, 0) is 13.8 Å². The number of aliphatic hydroxyl groups excluding tert-OH is 1. The van der Waals surface area contributed by atoms with Gasteiger partial charge in [0.15, 0.2) is 18.0 Å². The first kappa shape index (κ1) is 30.5. The molecule has 0 amide bonds. The standard InChI is InChI=1S/C24H23ClF3N2O10P/c1-35-13-3-7-15(8-4-13)39-41(34,40-16-9-5-14(36-2)6-10-16)37-12-24(22(27)28)19(26)18(31)21(38-24)30-11-17(25)20(32)29-23(30)33/h3-11,18-19,21-22,31H,12H2,1-2H3,(H,29,32,33). The number of aliphatic hydroxyl groups is 1. The first-order valence-corrected chi connectivity index (χ1v) is 13.5. The highest BCUT2D eigenvalue weighted by Gasteiger charge is 2.63. The fourth-order valence-electron chi connectivity index (χ4n) is 3.80. The molecule has 17 heteroatoms. The minimum Gasteiger partial charge on any atom is -0.497 e. The summed E-state index contributed by atoms with van der Waals surface area (Å²) < 4.78 is 89.6. The van der Waals surface area contributed by atoms with Crippen LogP contribution in [0.4, 0.5) is 13.2 Å². The molecule has 1 saturated heterocycles. The van der Waals surface area contributed by atoms with E-state index in [0.717, 1.165) is 0 Å². The SMILES string of the molecule is COc1ccc(OP(=O)(OCC2(C(F)F)OC(n3cc(Cl)c(=O)[nH]c3=O)C(O)C2F)Oc2ccc(OC)cc2)cc1. The molecular formula is C24H23ClF3N2O10P. The molecule has 0 saturated carbocycles. The predicted molar refractivity (Wildman–Crippen MR) is 137 cm³/mol. The molecule has 4 atom stereocenters. The van der Waals surface area contributed by atoms with Gasteiger partial charge in [0, 0.05) is 6.20 Å². The first-order valence-electron chi connectivity index (χ1n) is 11.6. The van der Waals surface area contributed by atoms with Gasteiger partial charge < -0.3 is 28.4 Å². The van der Waals surface area contributed by atoms with E-state index in [1.54, 1.807) is 4.98 Å². The zero-order valence-corrected chi connectivity index (χ0v) is 22.9. The number of nitrogens with zero attached hydrogens (tertiary/aromatic N) is 1. The minimum absolute atomic E-state index is 0.0924. The molecule has 222 valence electrons. The van der Waals surface area contributed by atoms with Crippen LogP contribution in [0.25, 0.3) is 0 Å². The zero-order chi connectivity index (χ0) is 29.9. The quantitative estimate of drug-likeness (QED) is 0.303. The van der Waals surface area contributed by atoms with Gasteiger partial charge in [-0.15, -0.1) is 0 Å². The van der Waals surface area contributed by atoms with E-state index >= 15 is 4.39 Å². The third kappa shape index (κ3) is 6.39. The molecule has 4 unspecified atom stereocenters. The van der Waals surface area contributed by atoms with Gasteiger partial charge in [-0.05, 0) is 48.5 Å². The van der Waals surface area contributed by atoms with Crippen molar-refractivity contribution in [1.29, 1.82) is 0 Å². The van der Waals surface area contributed by atoms with E-state index in [9.17, 15) is 28.0 Å². The third-order valence-electron chi connectivity index (χ3n) is 5.97. The number of rotatable bonds is 11. The lowest BCUT2D eigenvalue weighted by Gasteiger charge is -2.30. The van der Waals surface area contributed by atoms with Gasteiger partial charge in [-0.25, -0.2) is 22.5 Å². The van der Waals surface area contributed by atoms with Crippen LogP contribution in [0.3, 0.4) is 0 Å². The lowest BCUT2D eigenvalue weighted by atomic mass is 9.98. The molecule has 1 aliphatic rings. The van der Waals surface area contributed by atoms with E-state index in [0.29, 0.717) is 22.3 Å². The monoisotopic (exact) mass is 622 g/mol. The number of nitrogens with one attached hydrogen (secondary N) is 1. The van der Waals surface area contributed by atoms with Crippen LogP contribution in [0.1, 0.15) is 6.23 Å². The van der Waals surface area contributed by atoms with Crippen molar-refractivity contribution < 1.29 is 50.6 Å². The number of aromatic amines is 1. The number of hydrogen-bond donors (Lipinski definition) is 2. The molecule has 0 aliphatic carbocycles. The fraction of sp³-hybridized carbons (Fsp3) is 0.333. The molecule has 4 rings (SSSR count). The van der Waals surface area contributed by atoms with E-state index in [1.165, 1.54) is 62.8 Å². The van der Waals surface area contributed by atoms with Crippen molar-refractivity contribution in [2.24, 2.45) is 0 Å². The van der Waals surface area contributed by atoms with Crippen molar-refractivity contribution in [3.8, 4) is 23.0 Å². The molecule has 2 N–H and O–H groups in total. The van der Waals surface area contributed by atoms with E-state index < -0.39 is 61.2 Å². The summed E-state index contributed by atoms with van der Waals surface area (Å²) in [6, 6.07) is 11.1. The number of benzene rings is 2. The number of phosphoric ester groups is 1. The van der Waals surface area contributed by atoms with Gasteiger partial charge in [-0.3, -0.25) is 18.9 Å². The summed E-state index contributed by atoms with van der Waals surface area (Å²) in [7, 11) is -2.07. The normalized spacial score (nSPS) is 22.5. The number of alkyl halides is 3. The molecule has 1 aromatic heterocycles. The van der Waals surface area contributed by atoms with Crippen LogP contribution in [0, 0.1) is 0 Å². The summed E-state index contributed by atoms with van der Waals surface area (Å²) in [4.78, 5) is 25.6. The molecule has 0 bridgehead atoms. The molecule has 12 nitrogen and oxygen atoms in total. The van der Waals surface area contributed by atoms with Gasteiger partial charge in [-0.1, -0.05) is 11.6 Å². The first-order chi connectivity index (χ1) is 19.4. The summed E-state index contributed by atoms with van der Waals surface area (Å²) in [6.45, 7) is -1.48. The summed E-state index contributed by atoms with van der Waals surface area (Å²) in [5.41, 5.74) is -5.50. The van der Waals surface area contributed by atoms with E-state index in [4.69, 9.17) is 39.4 Å². The summed E-state index contributed by atoms with van der Waals surface area (Å²) >= 11 is 5.70. The van der Waals surface area contributed by atoms with Gasteiger partial charge in [-0.2, -0.15) is 0 Å². The number of H-pyrrole nitrogens is 1. The minimum atomic E-state index is -4.89. The number of hydrogen-bond acceptors (Lipinski definition) is 10. The van der Waals surface area contributed by atoms with Crippen LogP contribution in [0.15, 0.2) is 64.3 Å². The smallest absolute Gasteiger partial charge is 0.497 e. The Morgan fingerprint density at radius 1 is 1.02 bits per heavy atom. The molecule has 2 aromatic carbocycles. The highest BCUT2D eigenvalue weighted by molar-refractivity contribution is 7.49. The molecule has 3 aromatic rings. The van der Waals surface area contributed by atoms with Crippen LogP contribution in [0.5, 0.6) is 23.0 Å². The van der Waals surface area contributed by atoms with Crippen LogP contribution in [-0.4, -0.2) is 59.8 Å². The number of halogens is 4. The lowest BCUT2D eigenvalue weighted by Crippen LogP contribution is -2.50. The molecule has 0 spiro atoms. The molecule has 41 heavy (non-hydrogen) atoms. The average Bonchev–Trinajstić information content (AvgIpc) is 3.21. The third-order valence-corrected chi connectivity index (χ3v) is 7.55. The van der Waals surface area contributed by atoms with E-state index in [1.807, 2.05) is 0 Å². The van der Waals surface area contributed by atoms with E-state index in [-0.39, 0.29) is 11.5 Å². The van der Waals surface area contributed by atoms with Gasteiger partial charge in [0.25, 0.3) is 12.0 Å². The summed E-state index contributed by atoms with van der Waals surface area (Å²) in [6.07, 6.45) is -10.3. The molecule has 2 heterocycles. The molecule has 1 aliphatic heterocycles. The molecular weight excluding hydrogens is 600 g/mol. The highest BCUT2D eigenvalue weighted by Crippen LogP contribution is 2.53. The Balaban J connectivity index is 1.65. The summed E-state index contributed by atoms with van der Waals surface area (Å²) in [5, 5.41) is 9.88. The topological polar surface area (TPSA) is 148 Å². The average molecular weight is 623 g/mol. The maximum Gasteiger partial charge on any atom is 0.587 e. The van der Waals surface area contributed by atoms with Crippen molar-refractivity contribution in [3.63, 3.8) is 0 Å².